The van der Waals surface area contributed by atoms with Crippen molar-refractivity contribution in [3.8, 4) is 0 Å². The van der Waals surface area contributed by atoms with Gasteiger partial charge in [-0.25, -0.2) is 4.39 Å². The maximum atomic E-state index is 13.4. The Hall–Kier alpha value is -1.32. The summed E-state index contributed by atoms with van der Waals surface area (Å²) in [5.41, 5.74) is 9.89. The van der Waals surface area contributed by atoms with Crippen molar-refractivity contribution in [1.29, 1.82) is 0 Å². The second-order valence-electron chi connectivity index (χ2n) is 5.39. The molecule has 2 atom stereocenters. The van der Waals surface area contributed by atoms with Crippen molar-refractivity contribution in [3.05, 3.63) is 65.0 Å². The van der Waals surface area contributed by atoms with Gasteiger partial charge >= 0.3 is 0 Å². The highest BCUT2D eigenvalue weighted by Gasteiger charge is 2.28. The van der Waals surface area contributed by atoms with Crippen LogP contribution in [0.1, 0.15) is 22.6 Å². The largest absolute Gasteiger partial charge is 0.327 e. The average molecular weight is 287 g/mol. The van der Waals surface area contributed by atoms with Crippen LogP contribution < -0.4 is 5.73 Å². The van der Waals surface area contributed by atoms with Gasteiger partial charge in [-0.15, -0.1) is 11.8 Å². The fourth-order valence-corrected chi connectivity index (χ4v) is 4.14. The predicted octanol–water partition coefficient (Wildman–Crippen LogP) is 3.89. The Bertz CT molecular complexity index is 626. The van der Waals surface area contributed by atoms with E-state index in [9.17, 15) is 4.39 Å². The van der Waals surface area contributed by atoms with E-state index in [2.05, 4.69) is 24.3 Å². The van der Waals surface area contributed by atoms with Gasteiger partial charge in [-0.3, -0.25) is 0 Å². The lowest BCUT2D eigenvalue weighted by molar-refractivity contribution is 0.566. The first-order valence-electron chi connectivity index (χ1n) is 6.87. The molecule has 0 aliphatic carbocycles. The summed E-state index contributed by atoms with van der Waals surface area (Å²) in [6.45, 7) is 2.01. The van der Waals surface area contributed by atoms with Gasteiger partial charge in [0.2, 0.25) is 0 Å². The number of thioether (sulfide) groups is 1. The highest BCUT2D eigenvalue weighted by Crippen LogP contribution is 2.41. The van der Waals surface area contributed by atoms with Crippen LogP contribution in [0.4, 0.5) is 4.39 Å². The molecule has 3 rings (SSSR count). The summed E-state index contributed by atoms with van der Waals surface area (Å²) in [7, 11) is 0. The van der Waals surface area contributed by atoms with Crippen molar-refractivity contribution in [2.24, 2.45) is 5.73 Å². The fraction of sp³-hybridized carbons (Fsp3) is 0.294. The van der Waals surface area contributed by atoms with Crippen LogP contribution in [0, 0.1) is 12.7 Å². The molecule has 0 fully saturated rings. The number of rotatable bonds is 3. The summed E-state index contributed by atoms with van der Waals surface area (Å²) < 4.78 is 13.4. The van der Waals surface area contributed by atoms with Crippen LogP contribution in [0.15, 0.2) is 47.4 Å². The molecule has 104 valence electrons. The molecule has 2 unspecified atom stereocenters. The van der Waals surface area contributed by atoms with Crippen LogP contribution in [0.25, 0.3) is 0 Å². The zero-order valence-corrected chi connectivity index (χ0v) is 12.3. The molecule has 1 heterocycles. The molecule has 2 aromatic rings. The molecule has 0 radical (unpaired) electrons. The lowest BCUT2D eigenvalue weighted by atomic mass is 9.88. The van der Waals surface area contributed by atoms with Crippen molar-refractivity contribution in [1.82, 2.24) is 0 Å². The molecule has 0 spiro atoms. The number of fused-ring (bicyclic) bond motifs is 1. The van der Waals surface area contributed by atoms with Crippen LogP contribution in [-0.4, -0.2) is 11.8 Å². The van der Waals surface area contributed by atoms with Crippen LogP contribution in [0.2, 0.25) is 0 Å². The molecule has 0 aromatic heterocycles. The summed E-state index contributed by atoms with van der Waals surface area (Å²) >= 11 is 1.87. The summed E-state index contributed by atoms with van der Waals surface area (Å²) in [4.78, 5) is 1.34. The lowest BCUT2D eigenvalue weighted by Gasteiger charge is -2.20. The number of hydrogen-bond donors (Lipinski definition) is 1. The summed E-state index contributed by atoms with van der Waals surface area (Å²) in [6.07, 6.45) is 0.725. The van der Waals surface area contributed by atoms with Crippen LogP contribution in [-0.2, 0) is 6.42 Å². The van der Waals surface area contributed by atoms with Crippen LogP contribution in [0.3, 0.4) is 0 Å². The van der Waals surface area contributed by atoms with Crippen molar-refractivity contribution in [2.45, 2.75) is 30.2 Å². The normalized spacial score (nSPS) is 18.9. The first-order valence-corrected chi connectivity index (χ1v) is 7.86. The van der Waals surface area contributed by atoms with Crippen molar-refractivity contribution in [2.75, 3.05) is 5.75 Å². The monoisotopic (exact) mass is 287 g/mol. The second-order valence-corrected chi connectivity index (χ2v) is 6.46. The zero-order valence-electron chi connectivity index (χ0n) is 11.5. The third-order valence-corrected chi connectivity index (χ3v) is 5.23. The minimum absolute atomic E-state index is 0.0339. The number of benzene rings is 2. The molecule has 0 saturated heterocycles. The Morgan fingerprint density at radius 3 is 2.95 bits per heavy atom. The SMILES string of the molecule is Cc1ccc(F)cc1CC(N)C1CSc2ccccc21. The van der Waals surface area contributed by atoms with E-state index in [1.54, 1.807) is 6.07 Å². The Morgan fingerprint density at radius 2 is 2.10 bits per heavy atom. The van der Waals surface area contributed by atoms with Crippen LogP contribution in [0.5, 0.6) is 0 Å². The fourth-order valence-electron chi connectivity index (χ4n) is 2.80. The van der Waals surface area contributed by atoms with Crippen molar-refractivity contribution in [3.63, 3.8) is 0 Å². The first kappa shape index (κ1) is 13.7. The van der Waals surface area contributed by atoms with E-state index in [0.717, 1.165) is 23.3 Å². The van der Waals surface area contributed by atoms with Gasteiger partial charge in [-0.05, 0) is 48.2 Å². The molecule has 0 bridgehead atoms. The van der Waals surface area contributed by atoms with E-state index in [4.69, 9.17) is 5.73 Å². The summed E-state index contributed by atoms with van der Waals surface area (Å²) in [6, 6.07) is 13.4. The third kappa shape index (κ3) is 2.60. The van der Waals surface area contributed by atoms with E-state index in [0.29, 0.717) is 5.92 Å². The van der Waals surface area contributed by atoms with Gasteiger partial charge in [0, 0.05) is 22.6 Å². The lowest BCUT2D eigenvalue weighted by Crippen LogP contribution is -2.31. The predicted molar refractivity (Wildman–Crippen MR) is 82.7 cm³/mol. The smallest absolute Gasteiger partial charge is 0.123 e. The standard InChI is InChI=1S/C17H18FNS/c1-11-6-7-13(18)8-12(11)9-16(19)15-10-20-17-5-3-2-4-14(15)17/h2-8,15-16H,9-10,19H2,1H3. The van der Waals surface area contributed by atoms with E-state index >= 15 is 0 Å². The first-order chi connectivity index (χ1) is 9.65. The molecule has 0 saturated carbocycles. The number of aryl methyl sites for hydroxylation is 1. The molecule has 1 aliphatic rings. The van der Waals surface area contributed by atoms with Gasteiger partial charge in [0.05, 0.1) is 0 Å². The van der Waals surface area contributed by atoms with Gasteiger partial charge in [0.15, 0.2) is 0 Å². The van der Waals surface area contributed by atoms with E-state index < -0.39 is 0 Å². The highest BCUT2D eigenvalue weighted by molar-refractivity contribution is 7.99. The van der Waals surface area contributed by atoms with Gasteiger partial charge in [0.1, 0.15) is 5.82 Å². The topological polar surface area (TPSA) is 26.0 Å². The zero-order chi connectivity index (χ0) is 14.1. The molecular formula is C17H18FNS. The molecule has 1 aliphatic heterocycles. The van der Waals surface area contributed by atoms with Crippen LogP contribution >= 0.6 is 11.8 Å². The van der Waals surface area contributed by atoms with Crippen molar-refractivity contribution >= 4 is 11.8 Å². The minimum atomic E-state index is -0.181. The van der Waals surface area contributed by atoms with Gasteiger partial charge in [0.25, 0.3) is 0 Å². The minimum Gasteiger partial charge on any atom is -0.327 e. The van der Waals surface area contributed by atoms with Gasteiger partial charge < -0.3 is 5.73 Å². The molecule has 2 aromatic carbocycles. The molecule has 0 amide bonds. The average Bonchev–Trinajstić information content (AvgIpc) is 2.87. The van der Waals surface area contributed by atoms with Crippen molar-refractivity contribution < 1.29 is 4.39 Å². The molecule has 20 heavy (non-hydrogen) atoms. The highest BCUT2D eigenvalue weighted by atomic mass is 32.2. The van der Waals surface area contributed by atoms with Gasteiger partial charge in [-0.2, -0.15) is 0 Å². The molecule has 3 heteroatoms. The number of nitrogens with two attached hydrogens (primary N) is 1. The summed E-state index contributed by atoms with van der Waals surface area (Å²) in [5, 5.41) is 0. The molecule has 1 nitrogen and oxygen atoms in total. The second kappa shape index (κ2) is 5.58. The Balaban J connectivity index is 1.81. The van der Waals surface area contributed by atoms with E-state index in [1.165, 1.54) is 16.5 Å². The van der Waals surface area contributed by atoms with Gasteiger partial charge in [-0.1, -0.05) is 24.3 Å². The summed E-state index contributed by atoms with van der Waals surface area (Å²) in [5.74, 6) is 1.20. The third-order valence-electron chi connectivity index (χ3n) is 4.02. The number of halogens is 1. The Kier molecular flexibility index (Phi) is 3.81. The maximum Gasteiger partial charge on any atom is 0.123 e. The van der Waals surface area contributed by atoms with E-state index in [-0.39, 0.29) is 11.9 Å². The number of hydrogen-bond acceptors (Lipinski definition) is 2. The quantitative estimate of drug-likeness (QED) is 0.926. The Labute approximate surface area is 123 Å². The molecular weight excluding hydrogens is 269 g/mol. The maximum absolute atomic E-state index is 13.4. The molecule has 2 N–H and O–H groups in total. The van der Waals surface area contributed by atoms with E-state index in [1.807, 2.05) is 24.8 Å². The Morgan fingerprint density at radius 1 is 1.30 bits per heavy atom.